The quantitative estimate of drug-likeness (QED) is 0.0274. The van der Waals surface area contributed by atoms with Gasteiger partial charge in [0.05, 0.1) is 25.4 Å². The molecule has 0 radical (unpaired) electrons. The van der Waals surface area contributed by atoms with Gasteiger partial charge in [0.2, 0.25) is 5.91 Å². The van der Waals surface area contributed by atoms with Gasteiger partial charge in [0, 0.05) is 0 Å². The molecule has 1 fully saturated rings. The minimum absolute atomic E-state index is 0.264. The first-order valence-corrected chi connectivity index (χ1v) is 25.9. The molecule has 0 aromatic rings. The highest BCUT2D eigenvalue weighted by atomic mass is 16.7. The number of carbonyl (C=O) groups is 1. The minimum atomic E-state index is -1.65. The Morgan fingerprint density at radius 3 is 1.23 bits per heavy atom. The number of aliphatic hydroxyl groups is 7. The number of unbranched alkanes of at least 4 members (excludes halogenated alkanes) is 32. The summed E-state index contributed by atoms with van der Waals surface area (Å²) in [5.74, 6) is -0.704. The molecule has 0 aromatic heterocycles. The number of hydrogen-bond donors (Lipinski definition) is 8. The molecule has 364 valence electrons. The van der Waals surface area contributed by atoms with Gasteiger partial charge in [-0.2, -0.15) is 0 Å². The molecule has 1 aliphatic heterocycles. The molecule has 11 heteroatoms. The Hall–Kier alpha value is -0.890. The summed E-state index contributed by atoms with van der Waals surface area (Å²) in [6.45, 7) is 3.18. The zero-order valence-electron chi connectivity index (χ0n) is 39.4. The largest absolute Gasteiger partial charge is 0.394 e. The van der Waals surface area contributed by atoms with Gasteiger partial charge in [-0.1, -0.05) is 232 Å². The van der Waals surface area contributed by atoms with Crippen LogP contribution in [0, 0.1) is 0 Å². The van der Waals surface area contributed by atoms with E-state index in [-0.39, 0.29) is 12.8 Å². The number of rotatable bonds is 44. The van der Waals surface area contributed by atoms with Gasteiger partial charge in [-0.25, -0.2) is 0 Å². The zero-order chi connectivity index (χ0) is 44.8. The number of ether oxygens (including phenoxy) is 2. The number of hydrogen-bond acceptors (Lipinski definition) is 10. The standard InChI is InChI=1S/C50H99NO10/c1-3-5-7-8-9-10-11-12-13-14-15-16-17-18-19-20-21-22-23-24-25-26-27-28-29-30-31-32-33-34-35-36-38-43(54)49(59)51-41(45(55)42(53)37-6-4-2)40-60-50-48(58)47(57)46(56)44(39-52)61-50/h41-48,50,52-58H,3-40H2,1-2H3,(H,51,59). The van der Waals surface area contributed by atoms with Gasteiger partial charge in [0.25, 0.3) is 0 Å². The van der Waals surface area contributed by atoms with E-state index in [9.17, 15) is 40.5 Å². The average Bonchev–Trinajstić information content (AvgIpc) is 3.26. The first kappa shape index (κ1) is 58.1. The number of carbonyl (C=O) groups excluding carboxylic acids is 1. The molecule has 0 spiro atoms. The van der Waals surface area contributed by atoms with Gasteiger partial charge in [-0.3, -0.25) is 4.79 Å². The molecule has 61 heavy (non-hydrogen) atoms. The van der Waals surface area contributed by atoms with Crippen LogP contribution >= 0.6 is 0 Å². The van der Waals surface area contributed by atoms with Crippen LogP contribution in [-0.2, 0) is 14.3 Å². The molecule has 0 aromatic carbocycles. The fourth-order valence-electron chi connectivity index (χ4n) is 8.61. The molecule has 1 rings (SSSR count). The zero-order valence-corrected chi connectivity index (χ0v) is 39.4. The summed E-state index contributed by atoms with van der Waals surface area (Å²) < 4.78 is 10.9. The van der Waals surface area contributed by atoms with Crippen LogP contribution in [0.1, 0.15) is 245 Å². The van der Waals surface area contributed by atoms with Crippen LogP contribution in [0.4, 0.5) is 0 Å². The Balaban J connectivity index is 2.00. The maximum absolute atomic E-state index is 12.9. The van der Waals surface area contributed by atoms with Crippen LogP contribution in [0.5, 0.6) is 0 Å². The highest BCUT2D eigenvalue weighted by Crippen LogP contribution is 2.23. The highest BCUT2D eigenvalue weighted by Gasteiger charge is 2.44. The maximum Gasteiger partial charge on any atom is 0.249 e. The molecule has 11 nitrogen and oxygen atoms in total. The molecule has 1 saturated heterocycles. The fourth-order valence-corrected chi connectivity index (χ4v) is 8.61. The third kappa shape index (κ3) is 30.0. The van der Waals surface area contributed by atoms with E-state index in [1.165, 1.54) is 180 Å². The minimum Gasteiger partial charge on any atom is -0.394 e. The molecule has 9 atom stereocenters. The molecular formula is C50H99NO10. The van der Waals surface area contributed by atoms with Crippen LogP contribution in [0.3, 0.4) is 0 Å². The summed E-state index contributed by atoms with van der Waals surface area (Å²) in [6, 6.07) is -1.16. The number of nitrogens with one attached hydrogen (secondary N) is 1. The number of aliphatic hydroxyl groups excluding tert-OH is 7. The van der Waals surface area contributed by atoms with Crippen molar-refractivity contribution in [1.29, 1.82) is 0 Å². The Kier molecular flexibility index (Phi) is 38.7. The lowest BCUT2D eigenvalue weighted by molar-refractivity contribution is -0.303. The van der Waals surface area contributed by atoms with Gasteiger partial charge in [-0.15, -0.1) is 0 Å². The molecular weight excluding hydrogens is 775 g/mol. The van der Waals surface area contributed by atoms with Crippen molar-refractivity contribution < 1.29 is 50.0 Å². The molecule has 0 aliphatic carbocycles. The summed E-state index contributed by atoms with van der Waals surface area (Å²) in [5.41, 5.74) is 0. The van der Waals surface area contributed by atoms with Crippen molar-refractivity contribution in [2.24, 2.45) is 0 Å². The summed E-state index contributed by atoms with van der Waals surface area (Å²) >= 11 is 0. The monoisotopic (exact) mass is 874 g/mol. The van der Waals surface area contributed by atoms with Crippen LogP contribution in [0.25, 0.3) is 0 Å². The van der Waals surface area contributed by atoms with E-state index >= 15 is 0 Å². The van der Waals surface area contributed by atoms with Gasteiger partial charge in [-0.05, 0) is 12.8 Å². The Labute approximate surface area is 373 Å². The molecule has 9 unspecified atom stereocenters. The van der Waals surface area contributed by atoms with E-state index < -0.39 is 74.2 Å². The SMILES string of the molecule is CCCCCCCCCCCCCCCCCCCCCCCCCCCCCCCCCCC(O)C(=O)NC(COC1OC(CO)C(O)C(O)C1O)C(O)C(O)CCCC. The van der Waals surface area contributed by atoms with Crippen molar-refractivity contribution >= 4 is 5.91 Å². The van der Waals surface area contributed by atoms with E-state index in [1.807, 2.05) is 6.92 Å². The summed E-state index contributed by atoms with van der Waals surface area (Å²) in [7, 11) is 0. The van der Waals surface area contributed by atoms with E-state index in [1.54, 1.807) is 0 Å². The van der Waals surface area contributed by atoms with Crippen LogP contribution in [0.15, 0.2) is 0 Å². The third-order valence-corrected chi connectivity index (χ3v) is 12.9. The van der Waals surface area contributed by atoms with Crippen LogP contribution in [-0.4, -0.2) is 110 Å². The Bertz CT molecular complexity index is 959. The molecule has 1 heterocycles. The summed E-state index contributed by atoms with van der Waals surface area (Å²) in [6.07, 6.45) is 33.6. The third-order valence-electron chi connectivity index (χ3n) is 12.9. The number of amides is 1. The van der Waals surface area contributed by atoms with Crippen LogP contribution in [0.2, 0.25) is 0 Å². The van der Waals surface area contributed by atoms with Crippen molar-refractivity contribution in [3.63, 3.8) is 0 Å². The normalized spacial score (nSPS) is 21.4. The van der Waals surface area contributed by atoms with E-state index in [2.05, 4.69) is 12.2 Å². The smallest absolute Gasteiger partial charge is 0.249 e. The predicted molar refractivity (Wildman–Crippen MR) is 247 cm³/mol. The van der Waals surface area contributed by atoms with E-state index in [4.69, 9.17) is 9.47 Å². The average molecular weight is 874 g/mol. The lowest BCUT2D eigenvalue weighted by Crippen LogP contribution is -2.60. The predicted octanol–water partition coefficient (Wildman–Crippen LogP) is 9.45. The van der Waals surface area contributed by atoms with Crippen molar-refractivity contribution in [1.82, 2.24) is 5.32 Å². The fraction of sp³-hybridized carbons (Fsp3) is 0.980. The molecule has 1 amide bonds. The Morgan fingerprint density at radius 2 is 0.869 bits per heavy atom. The van der Waals surface area contributed by atoms with Crippen molar-refractivity contribution in [2.75, 3.05) is 13.2 Å². The van der Waals surface area contributed by atoms with E-state index in [0.717, 1.165) is 25.7 Å². The lowest BCUT2D eigenvalue weighted by Gasteiger charge is -2.40. The first-order chi connectivity index (χ1) is 29.7. The summed E-state index contributed by atoms with van der Waals surface area (Å²) in [5, 5.41) is 74.4. The maximum atomic E-state index is 12.9. The van der Waals surface area contributed by atoms with Gasteiger partial charge >= 0.3 is 0 Å². The second-order valence-electron chi connectivity index (χ2n) is 18.6. The van der Waals surface area contributed by atoms with Crippen molar-refractivity contribution in [2.45, 2.75) is 300 Å². The van der Waals surface area contributed by atoms with Crippen molar-refractivity contribution in [3.05, 3.63) is 0 Å². The lowest BCUT2D eigenvalue weighted by atomic mass is 9.99. The summed E-state index contributed by atoms with van der Waals surface area (Å²) in [4.78, 5) is 12.9. The first-order valence-electron chi connectivity index (χ1n) is 25.9. The second-order valence-corrected chi connectivity index (χ2v) is 18.6. The van der Waals surface area contributed by atoms with Gasteiger partial charge in [0.1, 0.15) is 36.6 Å². The van der Waals surface area contributed by atoms with Crippen LogP contribution < -0.4 is 5.32 Å². The topological polar surface area (TPSA) is 189 Å². The van der Waals surface area contributed by atoms with Gasteiger partial charge < -0.3 is 50.5 Å². The molecule has 0 bridgehead atoms. The van der Waals surface area contributed by atoms with E-state index in [0.29, 0.717) is 12.8 Å². The molecule has 8 N–H and O–H groups in total. The molecule has 0 saturated carbocycles. The second kappa shape index (κ2) is 40.6. The molecule has 1 aliphatic rings. The highest BCUT2D eigenvalue weighted by molar-refractivity contribution is 5.80. The Morgan fingerprint density at radius 1 is 0.508 bits per heavy atom. The van der Waals surface area contributed by atoms with Crippen molar-refractivity contribution in [3.8, 4) is 0 Å². The van der Waals surface area contributed by atoms with Gasteiger partial charge in [0.15, 0.2) is 6.29 Å².